The van der Waals surface area contributed by atoms with Crippen LogP contribution in [0.25, 0.3) is 0 Å². The molecule has 0 aromatic carbocycles. The van der Waals surface area contributed by atoms with E-state index in [4.69, 9.17) is 0 Å². The summed E-state index contributed by atoms with van der Waals surface area (Å²) in [7, 11) is 0. The van der Waals surface area contributed by atoms with Crippen molar-refractivity contribution in [3.8, 4) is 0 Å². The van der Waals surface area contributed by atoms with Crippen LogP contribution in [0.5, 0.6) is 0 Å². The van der Waals surface area contributed by atoms with Gasteiger partial charge in [0.1, 0.15) is 12.1 Å². The molecule has 1 aromatic rings. The third-order valence-electron chi connectivity index (χ3n) is 2.83. The minimum atomic E-state index is 0.334. The van der Waals surface area contributed by atoms with Gasteiger partial charge >= 0.3 is 0 Å². The Morgan fingerprint density at radius 1 is 1.60 bits per heavy atom. The number of Topliss-reactive ketones (excluding diaryl/α,β-unsaturated/α-hetero) is 1. The third-order valence-corrected chi connectivity index (χ3v) is 2.83. The van der Waals surface area contributed by atoms with Gasteiger partial charge in [0.15, 0.2) is 0 Å². The minimum absolute atomic E-state index is 0.334. The Morgan fingerprint density at radius 2 is 2.47 bits per heavy atom. The molecule has 15 heavy (non-hydrogen) atoms. The second-order valence-electron chi connectivity index (χ2n) is 4.01. The van der Waals surface area contributed by atoms with E-state index < -0.39 is 0 Å². The van der Waals surface area contributed by atoms with Gasteiger partial charge in [-0.05, 0) is 13.0 Å². The van der Waals surface area contributed by atoms with Crippen molar-refractivity contribution in [1.82, 2.24) is 14.9 Å². The molecule has 1 aliphatic rings. The van der Waals surface area contributed by atoms with Gasteiger partial charge < -0.3 is 0 Å². The van der Waals surface area contributed by atoms with Gasteiger partial charge in [0, 0.05) is 38.2 Å². The molecular weight excluding hydrogens is 190 g/mol. The molecule has 2 rings (SSSR count). The first-order chi connectivity index (χ1) is 7.25. The fraction of sp³-hybridized carbons (Fsp3) is 0.545. The topological polar surface area (TPSA) is 46.1 Å². The minimum Gasteiger partial charge on any atom is -0.300 e. The van der Waals surface area contributed by atoms with Gasteiger partial charge in [-0.3, -0.25) is 9.69 Å². The lowest BCUT2D eigenvalue weighted by Crippen LogP contribution is -2.40. The molecule has 1 aliphatic heterocycles. The molecule has 0 N–H and O–H groups in total. The zero-order chi connectivity index (χ0) is 10.7. The Kier molecular flexibility index (Phi) is 3.06. The van der Waals surface area contributed by atoms with E-state index >= 15 is 0 Å². The van der Waals surface area contributed by atoms with Crippen molar-refractivity contribution in [2.45, 2.75) is 32.4 Å². The van der Waals surface area contributed by atoms with Gasteiger partial charge in [-0.1, -0.05) is 0 Å². The highest BCUT2D eigenvalue weighted by molar-refractivity contribution is 5.79. The number of carbonyl (C=O) groups is 1. The second kappa shape index (κ2) is 4.49. The summed E-state index contributed by atoms with van der Waals surface area (Å²) in [6.07, 6.45) is 4.66. The molecule has 0 amide bonds. The number of rotatable bonds is 2. The molecule has 1 saturated heterocycles. The molecule has 1 aromatic heterocycles. The lowest BCUT2D eigenvalue weighted by molar-refractivity contribution is -0.123. The molecule has 1 fully saturated rings. The van der Waals surface area contributed by atoms with Gasteiger partial charge in [0.2, 0.25) is 0 Å². The summed E-state index contributed by atoms with van der Waals surface area (Å²) in [5.41, 5.74) is 1.02. The fourth-order valence-corrected chi connectivity index (χ4v) is 1.90. The first kappa shape index (κ1) is 10.2. The number of aromatic nitrogens is 2. The van der Waals surface area contributed by atoms with E-state index in [2.05, 4.69) is 21.8 Å². The van der Waals surface area contributed by atoms with Crippen molar-refractivity contribution in [2.24, 2.45) is 0 Å². The first-order valence-electron chi connectivity index (χ1n) is 5.26. The van der Waals surface area contributed by atoms with Gasteiger partial charge in [0.25, 0.3) is 0 Å². The first-order valence-corrected chi connectivity index (χ1v) is 5.26. The molecule has 2 heterocycles. The maximum atomic E-state index is 11.2. The average molecular weight is 205 g/mol. The van der Waals surface area contributed by atoms with Gasteiger partial charge in [-0.2, -0.15) is 0 Å². The van der Waals surface area contributed by atoms with Crippen LogP contribution >= 0.6 is 0 Å². The Morgan fingerprint density at radius 3 is 3.13 bits per heavy atom. The fourth-order valence-electron chi connectivity index (χ4n) is 1.90. The standard InChI is InChI=1S/C11H15N3O/c1-9-6-11(15)3-5-14(9)7-10-2-4-12-8-13-10/h2,4,8-9H,3,5-7H2,1H3. The highest BCUT2D eigenvalue weighted by Gasteiger charge is 2.23. The van der Waals surface area contributed by atoms with E-state index in [1.54, 1.807) is 12.5 Å². The monoisotopic (exact) mass is 205 g/mol. The largest absolute Gasteiger partial charge is 0.300 e. The molecule has 0 spiro atoms. The lowest BCUT2D eigenvalue weighted by atomic mass is 10.0. The van der Waals surface area contributed by atoms with Crippen LogP contribution in [-0.2, 0) is 11.3 Å². The van der Waals surface area contributed by atoms with Gasteiger partial charge in [0.05, 0.1) is 5.69 Å². The van der Waals surface area contributed by atoms with Crippen LogP contribution in [0.3, 0.4) is 0 Å². The summed E-state index contributed by atoms with van der Waals surface area (Å²) in [6.45, 7) is 3.76. The van der Waals surface area contributed by atoms with Crippen molar-refractivity contribution in [2.75, 3.05) is 6.54 Å². The number of likely N-dealkylation sites (tertiary alicyclic amines) is 1. The van der Waals surface area contributed by atoms with Crippen LogP contribution in [0.2, 0.25) is 0 Å². The molecule has 0 radical (unpaired) electrons. The molecule has 4 nitrogen and oxygen atoms in total. The number of carbonyl (C=O) groups excluding carboxylic acids is 1. The highest BCUT2D eigenvalue weighted by atomic mass is 16.1. The van der Waals surface area contributed by atoms with Crippen LogP contribution in [0.4, 0.5) is 0 Å². The Balaban J connectivity index is 1.98. The molecule has 80 valence electrons. The van der Waals surface area contributed by atoms with Crippen LogP contribution in [0, 0.1) is 0 Å². The molecule has 1 unspecified atom stereocenters. The van der Waals surface area contributed by atoms with Crippen LogP contribution < -0.4 is 0 Å². The van der Waals surface area contributed by atoms with E-state index in [0.717, 1.165) is 18.8 Å². The highest BCUT2D eigenvalue weighted by Crippen LogP contribution is 2.15. The lowest BCUT2D eigenvalue weighted by Gasteiger charge is -2.32. The number of ketones is 1. The molecule has 1 atom stereocenters. The number of nitrogens with zero attached hydrogens (tertiary/aromatic N) is 3. The van der Waals surface area contributed by atoms with Crippen molar-refractivity contribution >= 4 is 5.78 Å². The Labute approximate surface area is 89.3 Å². The van der Waals surface area contributed by atoms with Crippen molar-refractivity contribution in [3.63, 3.8) is 0 Å². The van der Waals surface area contributed by atoms with E-state index in [-0.39, 0.29) is 0 Å². The van der Waals surface area contributed by atoms with Crippen LogP contribution in [0.15, 0.2) is 18.6 Å². The van der Waals surface area contributed by atoms with Gasteiger partial charge in [-0.25, -0.2) is 9.97 Å². The normalized spacial score (nSPS) is 23.0. The molecular formula is C11H15N3O. The summed E-state index contributed by atoms with van der Waals surface area (Å²) in [4.78, 5) is 21.6. The SMILES string of the molecule is CC1CC(=O)CCN1Cc1ccncn1. The smallest absolute Gasteiger partial charge is 0.135 e. The number of hydrogen-bond donors (Lipinski definition) is 0. The molecule has 0 aliphatic carbocycles. The quantitative estimate of drug-likeness (QED) is 0.723. The van der Waals surface area contributed by atoms with Crippen LogP contribution in [-0.4, -0.2) is 33.2 Å². The van der Waals surface area contributed by atoms with E-state index in [1.165, 1.54) is 0 Å². The summed E-state index contributed by atoms with van der Waals surface area (Å²) in [5.74, 6) is 0.376. The van der Waals surface area contributed by atoms with E-state index in [9.17, 15) is 4.79 Å². The van der Waals surface area contributed by atoms with E-state index in [1.807, 2.05) is 6.07 Å². The van der Waals surface area contributed by atoms with E-state index in [0.29, 0.717) is 24.7 Å². The predicted molar refractivity (Wildman–Crippen MR) is 56.1 cm³/mol. The summed E-state index contributed by atoms with van der Waals surface area (Å²) in [6, 6.07) is 2.25. The molecule has 0 saturated carbocycles. The molecule has 4 heteroatoms. The Hall–Kier alpha value is -1.29. The number of piperidine rings is 1. The van der Waals surface area contributed by atoms with Crippen LogP contribution in [0.1, 0.15) is 25.5 Å². The summed E-state index contributed by atoms with van der Waals surface area (Å²) in [5, 5.41) is 0. The number of hydrogen-bond acceptors (Lipinski definition) is 4. The zero-order valence-corrected chi connectivity index (χ0v) is 8.89. The zero-order valence-electron chi connectivity index (χ0n) is 8.89. The predicted octanol–water partition coefficient (Wildman–Crippen LogP) is 1.03. The maximum Gasteiger partial charge on any atom is 0.135 e. The summed E-state index contributed by atoms with van der Waals surface area (Å²) < 4.78 is 0. The van der Waals surface area contributed by atoms with Crippen molar-refractivity contribution in [3.05, 3.63) is 24.3 Å². The average Bonchev–Trinajstić information content (AvgIpc) is 2.24. The maximum absolute atomic E-state index is 11.2. The Bertz CT molecular complexity index is 339. The van der Waals surface area contributed by atoms with Gasteiger partial charge in [-0.15, -0.1) is 0 Å². The second-order valence-corrected chi connectivity index (χ2v) is 4.01. The van der Waals surface area contributed by atoms with Crippen molar-refractivity contribution < 1.29 is 4.79 Å². The van der Waals surface area contributed by atoms with Crippen molar-refractivity contribution in [1.29, 1.82) is 0 Å². The molecule has 0 bridgehead atoms. The summed E-state index contributed by atoms with van der Waals surface area (Å²) >= 11 is 0. The third kappa shape index (κ3) is 2.59.